The first-order valence-electron chi connectivity index (χ1n) is 7.34. The van der Waals surface area contributed by atoms with Crippen LogP contribution in [0.3, 0.4) is 0 Å². The van der Waals surface area contributed by atoms with Gasteiger partial charge < -0.3 is 15.8 Å². The van der Waals surface area contributed by atoms with Gasteiger partial charge >= 0.3 is 0 Å². The number of nitrogens with one attached hydrogen (secondary N) is 1. The standard InChI is InChI=1S/C16H24N2O2/c1-20-14-9-5-12(6-10-14)3-2-4-16(19)18-11-15(17)13-7-8-13/h5-6,9-10,13,15H,2-4,7-8,11,17H2,1H3,(H,18,19). The molecule has 2 rings (SSSR count). The van der Waals surface area contributed by atoms with E-state index in [9.17, 15) is 4.79 Å². The summed E-state index contributed by atoms with van der Waals surface area (Å²) >= 11 is 0. The van der Waals surface area contributed by atoms with Gasteiger partial charge in [0.15, 0.2) is 0 Å². The van der Waals surface area contributed by atoms with Crippen molar-refractivity contribution in [1.29, 1.82) is 0 Å². The summed E-state index contributed by atoms with van der Waals surface area (Å²) in [6.07, 6.45) is 4.76. The number of nitrogens with two attached hydrogens (primary N) is 1. The van der Waals surface area contributed by atoms with Crippen LogP contribution in [0.5, 0.6) is 5.75 Å². The molecule has 3 N–H and O–H groups in total. The van der Waals surface area contributed by atoms with Gasteiger partial charge in [-0.1, -0.05) is 12.1 Å². The van der Waals surface area contributed by atoms with Gasteiger partial charge in [0.25, 0.3) is 0 Å². The van der Waals surface area contributed by atoms with Gasteiger partial charge in [-0.2, -0.15) is 0 Å². The predicted octanol–water partition coefficient (Wildman–Crippen LogP) is 1.87. The third-order valence-corrected chi connectivity index (χ3v) is 3.79. The molecule has 1 aliphatic carbocycles. The SMILES string of the molecule is COc1ccc(CCCC(=O)NCC(N)C2CC2)cc1. The Labute approximate surface area is 120 Å². The van der Waals surface area contributed by atoms with Crippen LogP contribution >= 0.6 is 0 Å². The Morgan fingerprint density at radius 1 is 1.40 bits per heavy atom. The number of hydrogen-bond donors (Lipinski definition) is 2. The van der Waals surface area contributed by atoms with Crippen LogP contribution in [0, 0.1) is 5.92 Å². The van der Waals surface area contributed by atoms with E-state index < -0.39 is 0 Å². The normalized spacial score (nSPS) is 15.7. The number of benzene rings is 1. The second-order valence-corrected chi connectivity index (χ2v) is 5.51. The number of carbonyl (C=O) groups is 1. The molecule has 1 fully saturated rings. The van der Waals surface area contributed by atoms with Crippen molar-refractivity contribution < 1.29 is 9.53 Å². The van der Waals surface area contributed by atoms with Crippen molar-refractivity contribution in [1.82, 2.24) is 5.32 Å². The number of methoxy groups -OCH3 is 1. The lowest BCUT2D eigenvalue weighted by Crippen LogP contribution is -2.38. The molecule has 0 saturated heterocycles. The second-order valence-electron chi connectivity index (χ2n) is 5.51. The minimum Gasteiger partial charge on any atom is -0.497 e. The third-order valence-electron chi connectivity index (χ3n) is 3.79. The molecule has 20 heavy (non-hydrogen) atoms. The minimum absolute atomic E-state index is 0.106. The van der Waals surface area contributed by atoms with Crippen LogP contribution < -0.4 is 15.8 Å². The van der Waals surface area contributed by atoms with Gasteiger partial charge in [-0.15, -0.1) is 0 Å². The van der Waals surface area contributed by atoms with Gasteiger partial charge in [0.2, 0.25) is 5.91 Å². The summed E-state index contributed by atoms with van der Waals surface area (Å²) in [6, 6.07) is 8.12. The number of carbonyl (C=O) groups excluding carboxylic acids is 1. The number of amides is 1. The molecular formula is C16H24N2O2. The Kier molecular flexibility index (Phi) is 5.41. The fourth-order valence-electron chi connectivity index (χ4n) is 2.26. The second kappa shape index (κ2) is 7.29. The maximum absolute atomic E-state index is 11.7. The summed E-state index contributed by atoms with van der Waals surface area (Å²) in [5.74, 6) is 1.60. The van der Waals surface area contributed by atoms with Crippen LogP contribution in [0.25, 0.3) is 0 Å². The number of aryl methyl sites for hydroxylation is 1. The first kappa shape index (κ1) is 14.9. The third kappa shape index (κ3) is 4.85. The summed E-state index contributed by atoms with van der Waals surface area (Å²) in [6.45, 7) is 0.617. The Morgan fingerprint density at radius 3 is 2.70 bits per heavy atom. The molecule has 0 bridgehead atoms. The predicted molar refractivity (Wildman–Crippen MR) is 79.6 cm³/mol. The largest absolute Gasteiger partial charge is 0.497 e. The molecule has 110 valence electrons. The Balaban J connectivity index is 1.60. The fourth-order valence-corrected chi connectivity index (χ4v) is 2.26. The Morgan fingerprint density at radius 2 is 2.10 bits per heavy atom. The quantitative estimate of drug-likeness (QED) is 0.762. The smallest absolute Gasteiger partial charge is 0.220 e. The Hall–Kier alpha value is -1.55. The van der Waals surface area contributed by atoms with Gasteiger partial charge in [0.05, 0.1) is 7.11 Å². The molecule has 1 unspecified atom stereocenters. The maximum Gasteiger partial charge on any atom is 0.220 e. The first-order valence-corrected chi connectivity index (χ1v) is 7.34. The van der Waals surface area contributed by atoms with Crippen molar-refractivity contribution in [2.75, 3.05) is 13.7 Å². The molecule has 0 radical (unpaired) electrons. The summed E-state index contributed by atoms with van der Waals surface area (Å²) in [5.41, 5.74) is 7.18. The zero-order valence-electron chi connectivity index (χ0n) is 12.1. The lowest BCUT2D eigenvalue weighted by atomic mass is 10.1. The maximum atomic E-state index is 11.7. The van der Waals surface area contributed by atoms with Gasteiger partial charge in [0, 0.05) is 19.0 Å². The van der Waals surface area contributed by atoms with Crippen molar-refractivity contribution in [2.24, 2.45) is 11.7 Å². The zero-order valence-corrected chi connectivity index (χ0v) is 12.1. The van der Waals surface area contributed by atoms with E-state index in [-0.39, 0.29) is 11.9 Å². The molecule has 1 amide bonds. The van der Waals surface area contributed by atoms with Gasteiger partial charge in [-0.05, 0) is 49.3 Å². The number of ether oxygens (including phenoxy) is 1. The lowest BCUT2D eigenvalue weighted by molar-refractivity contribution is -0.121. The van der Waals surface area contributed by atoms with Crippen molar-refractivity contribution in [2.45, 2.75) is 38.1 Å². The molecule has 0 heterocycles. The minimum atomic E-state index is 0.106. The number of hydrogen-bond acceptors (Lipinski definition) is 3. The van der Waals surface area contributed by atoms with Gasteiger partial charge in [-0.25, -0.2) is 0 Å². The zero-order chi connectivity index (χ0) is 14.4. The summed E-state index contributed by atoms with van der Waals surface area (Å²) in [5, 5.41) is 2.92. The molecule has 0 spiro atoms. The average molecular weight is 276 g/mol. The van der Waals surface area contributed by atoms with E-state index >= 15 is 0 Å². The molecule has 1 aromatic rings. The van der Waals surface area contributed by atoms with Crippen molar-refractivity contribution >= 4 is 5.91 Å². The van der Waals surface area contributed by atoms with Crippen LogP contribution in [-0.4, -0.2) is 25.6 Å². The molecule has 1 aliphatic rings. The van der Waals surface area contributed by atoms with Crippen LogP contribution in [-0.2, 0) is 11.2 Å². The monoisotopic (exact) mass is 276 g/mol. The molecule has 0 aromatic heterocycles. The van der Waals surface area contributed by atoms with E-state index in [0.717, 1.165) is 18.6 Å². The van der Waals surface area contributed by atoms with Gasteiger partial charge in [-0.3, -0.25) is 4.79 Å². The fraction of sp³-hybridized carbons (Fsp3) is 0.562. The highest BCUT2D eigenvalue weighted by molar-refractivity contribution is 5.75. The molecule has 4 nitrogen and oxygen atoms in total. The highest BCUT2D eigenvalue weighted by Gasteiger charge is 2.28. The summed E-state index contributed by atoms with van der Waals surface area (Å²) < 4.78 is 5.11. The molecule has 0 aliphatic heterocycles. The Bertz CT molecular complexity index is 427. The highest BCUT2D eigenvalue weighted by atomic mass is 16.5. The summed E-state index contributed by atoms with van der Waals surface area (Å²) in [7, 11) is 1.66. The van der Waals surface area contributed by atoms with E-state index in [2.05, 4.69) is 5.32 Å². The van der Waals surface area contributed by atoms with Gasteiger partial charge in [0.1, 0.15) is 5.75 Å². The van der Waals surface area contributed by atoms with Crippen LogP contribution in [0.2, 0.25) is 0 Å². The molecule has 1 aromatic carbocycles. The van der Waals surface area contributed by atoms with E-state index in [0.29, 0.717) is 18.9 Å². The average Bonchev–Trinajstić information content (AvgIpc) is 3.30. The molecule has 1 saturated carbocycles. The van der Waals surface area contributed by atoms with Crippen LogP contribution in [0.4, 0.5) is 0 Å². The molecule has 1 atom stereocenters. The topological polar surface area (TPSA) is 64.3 Å². The van der Waals surface area contributed by atoms with E-state index in [1.165, 1.54) is 18.4 Å². The molecule has 4 heteroatoms. The van der Waals surface area contributed by atoms with Crippen LogP contribution in [0.15, 0.2) is 24.3 Å². The van der Waals surface area contributed by atoms with E-state index in [4.69, 9.17) is 10.5 Å². The summed E-state index contributed by atoms with van der Waals surface area (Å²) in [4.78, 5) is 11.7. The van der Waals surface area contributed by atoms with Crippen LogP contribution in [0.1, 0.15) is 31.2 Å². The highest BCUT2D eigenvalue weighted by Crippen LogP contribution is 2.31. The van der Waals surface area contributed by atoms with Crippen molar-refractivity contribution in [3.8, 4) is 5.75 Å². The van der Waals surface area contributed by atoms with Crippen molar-refractivity contribution in [3.63, 3.8) is 0 Å². The first-order chi connectivity index (χ1) is 9.69. The van der Waals surface area contributed by atoms with E-state index in [1.807, 2.05) is 24.3 Å². The van der Waals surface area contributed by atoms with E-state index in [1.54, 1.807) is 7.11 Å². The lowest BCUT2D eigenvalue weighted by Gasteiger charge is -2.11. The molecular weight excluding hydrogens is 252 g/mol. The van der Waals surface area contributed by atoms with Crippen molar-refractivity contribution in [3.05, 3.63) is 29.8 Å². The number of rotatable bonds is 8.